The second-order valence-electron chi connectivity index (χ2n) is 4.13. The van der Waals surface area contributed by atoms with Crippen LogP contribution in [0.1, 0.15) is 21.5 Å². The molecule has 0 bridgehead atoms. The molecule has 0 saturated heterocycles. The minimum absolute atomic E-state index is 0.0354. The van der Waals surface area contributed by atoms with Crippen molar-refractivity contribution in [3.05, 3.63) is 71.3 Å². The number of ketones is 1. The van der Waals surface area contributed by atoms with Crippen molar-refractivity contribution in [2.24, 2.45) is 0 Å². The summed E-state index contributed by atoms with van der Waals surface area (Å²) in [5.41, 5.74) is 8.24. The fourth-order valence-electron chi connectivity index (χ4n) is 1.81. The Bertz CT molecular complexity index is 603. The van der Waals surface area contributed by atoms with Gasteiger partial charge in [0.15, 0.2) is 5.78 Å². The Labute approximate surface area is 112 Å². The fourth-order valence-corrected chi connectivity index (χ4v) is 1.81. The lowest BCUT2D eigenvalue weighted by Gasteiger charge is -2.06. The summed E-state index contributed by atoms with van der Waals surface area (Å²) < 4.78 is 0. The average Bonchev–Trinajstić information content (AvgIpc) is 2.46. The molecule has 0 fully saturated rings. The van der Waals surface area contributed by atoms with E-state index >= 15 is 0 Å². The number of benzene rings is 2. The highest BCUT2D eigenvalue weighted by Gasteiger charge is 2.12. The van der Waals surface area contributed by atoms with E-state index in [1.807, 2.05) is 24.3 Å². The molecule has 3 N–H and O–H groups in total. The number of hydrogen-bond donors (Lipinski definition) is 2. The third kappa shape index (κ3) is 3.09. The summed E-state index contributed by atoms with van der Waals surface area (Å²) in [5, 5.41) is 8.76. The van der Waals surface area contributed by atoms with E-state index in [1.165, 1.54) is 0 Å². The minimum Gasteiger partial charge on any atom is -0.398 e. The third-order valence-electron chi connectivity index (χ3n) is 2.77. The molecule has 0 aliphatic heterocycles. The van der Waals surface area contributed by atoms with Crippen LogP contribution in [0.5, 0.6) is 0 Å². The summed E-state index contributed by atoms with van der Waals surface area (Å²) in [6, 6.07) is 14.3. The van der Waals surface area contributed by atoms with Gasteiger partial charge in [-0.15, -0.1) is 0 Å². The van der Waals surface area contributed by atoms with E-state index < -0.39 is 0 Å². The molecule has 0 saturated carbocycles. The molecule has 0 aliphatic carbocycles. The van der Waals surface area contributed by atoms with E-state index in [0.29, 0.717) is 16.8 Å². The molecule has 3 heteroatoms. The number of hydrogen-bond acceptors (Lipinski definition) is 3. The standard InChI is InChI=1S/C16H15NO2/c17-15-9-8-12(5-4-10-18)11-14(15)16(19)13-6-2-1-3-7-13/h1-9,11,18H,10,17H2. The predicted octanol–water partition coefficient (Wildman–Crippen LogP) is 2.51. The molecule has 2 rings (SSSR count). The Kier molecular flexibility index (Phi) is 4.11. The number of nitrogens with two attached hydrogens (primary N) is 1. The SMILES string of the molecule is Nc1ccc(C=CCO)cc1C(=O)c1ccccc1. The van der Waals surface area contributed by atoms with Gasteiger partial charge in [-0.25, -0.2) is 0 Å². The predicted molar refractivity (Wildman–Crippen MR) is 76.8 cm³/mol. The van der Waals surface area contributed by atoms with E-state index in [1.54, 1.807) is 36.4 Å². The quantitative estimate of drug-likeness (QED) is 0.650. The van der Waals surface area contributed by atoms with Crippen molar-refractivity contribution in [1.82, 2.24) is 0 Å². The first-order chi connectivity index (χ1) is 9.22. The van der Waals surface area contributed by atoms with Gasteiger partial charge in [0, 0.05) is 16.8 Å². The summed E-state index contributed by atoms with van der Waals surface area (Å²) in [6.45, 7) is -0.0354. The number of anilines is 1. The van der Waals surface area contributed by atoms with E-state index in [4.69, 9.17) is 10.8 Å². The number of nitrogen functional groups attached to an aromatic ring is 1. The second kappa shape index (κ2) is 5.98. The van der Waals surface area contributed by atoms with Crippen LogP contribution in [0.4, 0.5) is 5.69 Å². The van der Waals surface area contributed by atoms with Gasteiger partial charge in [0.2, 0.25) is 0 Å². The lowest BCUT2D eigenvalue weighted by atomic mass is 9.99. The Balaban J connectivity index is 2.39. The van der Waals surface area contributed by atoms with Gasteiger partial charge in [-0.2, -0.15) is 0 Å². The fraction of sp³-hybridized carbons (Fsp3) is 0.0625. The van der Waals surface area contributed by atoms with Crippen molar-refractivity contribution in [1.29, 1.82) is 0 Å². The highest BCUT2D eigenvalue weighted by molar-refractivity contribution is 6.12. The zero-order chi connectivity index (χ0) is 13.7. The van der Waals surface area contributed by atoms with Crippen LogP contribution in [0.2, 0.25) is 0 Å². The van der Waals surface area contributed by atoms with Gasteiger partial charge >= 0.3 is 0 Å². The molecular formula is C16H15NO2. The van der Waals surface area contributed by atoms with Crippen molar-refractivity contribution < 1.29 is 9.90 Å². The summed E-state index contributed by atoms with van der Waals surface area (Å²) in [4.78, 5) is 12.3. The largest absolute Gasteiger partial charge is 0.398 e. The zero-order valence-electron chi connectivity index (χ0n) is 10.4. The molecule has 0 heterocycles. The van der Waals surface area contributed by atoms with Gasteiger partial charge in [-0.3, -0.25) is 4.79 Å². The van der Waals surface area contributed by atoms with Crippen LogP contribution in [0.25, 0.3) is 6.08 Å². The van der Waals surface area contributed by atoms with Crippen molar-refractivity contribution in [3.63, 3.8) is 0 Å². The monoisotopic (exact) mass is 253 g/mol. The van der Waals surface area contributed by atoms with Gasteiger partial charge in [0.05, 0.1) is 6.61 Å². The van der Waals surface area contributed by atoms with Crippen LogP contribution in [0.15, 0.2) is 54.6 Å². The molecular weight excluding hydrogens is 238 g/mol. The normalized spacial score (nSPS) is 10.8. The maximum Gasteiger partial charge on any atom is 0.195 e. The first-order valence-electron chi connectivity index (χ1n) is 5.99. The van der Waals surface area contributed by atoms with Crippen LogP contribution in [-0.4, -0.2) is 17.5 Å². The number of carbonyl (C=O) groups is 1. The lowest BCUT2D eigenvalue weighted by Crippen LogP contribution is -2.05. The smallest absolute Gasteiger partial charge is 0.195 e. The molecule has 3 nitrogen and oxygen atoms in total. The summed E-state index contributed by atoms with van der Waals surface area (Å²) >= 11 is 0. The molecule has 0 spiro atoms. The van der Waals surface area contributed by atoms with Gasteiger partial charge < -0.3 is 10.8 Å². The van der Waals surface area contributed by atoms with E-state index in [9.17, 15) is 4.79 Å². The van der Waals surface area contributed by atoms with Crippen LogP contribution in [0.3, 0.4) is 0 Å². The van der Waals surface area contributed by atoms with Gasteiger partial charge in [-0.1, -0.05) is 48.6 Å². The Hall–Kier alpha value is -2.39. The topological polar surface area (TPSA) is 63.3 Å². The molecule has 96 valence electrons. The molecule has 0 aromatic heterocycles. The maximum absolute atomic E-state index is 12.3. The maximum atomic E-state index is 12.3. The Morgan fingerprint density at radius 2 is 1.89 bits per heavy atom. The first-order valence-corrected chi connectivity index (χ1v) is 5.99. The lowest BCUT2D eigenvalue weighted by molar-refractivity contribution is 0.103. The molecule has 19 heavy (non-hydrogen) atoms. The number of carbonyl (C=O) groups excluding carboxylic acids is 1. The van der Waals surface area contributed by atoms with Crippen LogP contribution < -0.4 is 5.73 Å². The van der Waals surface area contributed by atoms with E-state index in [2.05, 4.69) is 0 Å². The average molecular weight is 253 g/mol. The molecule has 0 atom stereocenters. The highest BCUT2D eigenvalue weighted by atomic mass is 16.2. The number of aliphatic hydroxyl groups excluding tert-OH is 1. The van der Waals surface area contributed by atoms with Crippen molar-refractivity contribution in [2.75, 3.05) is 12.3 Å². The Morgan fingerprint density at radius 1 is 1.16 bits per heavy atom. The summed E-state index contributed by atoms with van der Waals surface area (Å²) in [5.74, 6) is -0.0997. The first kappa shape index (κ1) is 13.1. The molecule has 0 unspecified atom stereocenters. The second-order valence-corrected chi connectivity index (χ2v) is 4.13. The van der Waals surface area contributed by atoms with Crippen molar-refractivity contribution >= 4 is 17.5 Å². The van der Waals surface area contributed by atoms with E-state index in [-0.39, 0.29) is 12.4 Å². The van der Waals surface area contributed by atoms with Crippen LogP contribution in [-0.2, 0) is 0 Å². The molecule has 2 aromatic rings. The molecule has 0 aliphatic rings. The molecule has 0 radical (unpaired) electrons. The van der Waals surface area contributed by atoms with Crippen molar-refractivity contribution in [3.8, 4) is 0 Å². The van der Waals surface area contributed by atoms with Gasteiger partial charge in [-0.05, 0) is 17.7 Å². The number of rotatable bonds is 4. The Morgan fingerprint density at radius 3 is 2.58 bits per heavy atom. The zero-order valence-corrected chi connectivity index (χ0v) is 10.4. The summed E-state index contributed by atoms with van der Waals surface area (Å²) in [6.07, 6.45) is 3.36. The minimum atomic E-state index is -0.0997. The third-order valence-corrected chi connectivity index (χ3v) is 2.77. The molecule has 0 amide bonds. The number of aliphatic hydroxyl groups is 1. The summed E-state index contributed by atoms with van der Waals surface area (Å²) in [7, 11) is 0. The van der Waals surface area contributed by atoms with Crippen molar-refractivity contribution in [2.45, 2.75) is 0 Å². The van der Waals surface area contributed by atoms with Crippen LogP contribution >= 0.6 is 0 Å². The van der Waals surface area contributed by atoms with Crippen LogP contribution in [0, 0.1) is 0 Å². The van der Waals surface area contributed by atoms with Gasteiger partial charge in [0.1, 0.15) is 0 Å². The van der Waals surface area contributed by atoms with E-state index in [0.717, 1.165) is 5.56 Å². The van der Waals surface area contributed by atoms with Gasteiger partial charge in [0.25, 0.3) is 0 Å². The highest BCUT2D eigenvalue weighted by Crippen LogP contribution is 2.19. The molecule has 2 aromatic carbocycles.